The van der Waals surface area contributed by atoms with Gasteiger partial charge in [-0.1, -0.05) is 13.0 Å². The van der Waals surface area contributed by atoms with Gasteiger partial charge in [0, 0.05) is 24.8 Å². The first-order chi connectivity index (χ1) is 11.2. The fourth-order valence-corrected chi connectivity index (χ4v) is 2.72. The van der Waals surface area contributed by atoms with Gasteiger partial charge in [-0.3, -0.25) is 0 Å². The van der Waals surface area contributed by atoms with Crippen LogP contribution in [0.3, 0.4) is 0 Å². The van der Waals surface area contributed by atoms with Crippen LogP contribution >= 0.6 is 11.3 Å². The second-order valence-corrected chi connectivity index (χ2v) is 5.86. The predicted octanol–water partition coefficient (Wildman–Crippen LogP) is 3.56. The molecular weight excluding hydrogens is 312 g/mol. The molecule has 0 aliphatic rings. The van der Waals surface area contributed by atoms with Crippen molar-refractivity contribution in [1.82, 2.24) is 4.90 Å². The van der Waals surface area contributed by atoms with E-state index in [1.807, 2.05) is 41.9 Å². The molecule has 0 radical (unpaired) electrons. The van der Waals surface area contributed by atoms with Crippen LogP contribution in [0.4, 0.5) is 10.5 Å². The second-order valence-electron chi connectivity index (χ2n) is 5.08. The van der Waals surface area contributed by atoms with Crippen molar-refractivity contribution in [2.75, 3.05) is 25.1 Å². The highest BCUT2D eigenvalue weighted by Gasteiger charge is 2.14. The summed E-state index contributed by atoms with van der Waals surface area (Å²) in [5.74, 6) is 0.733. The zero-order chi connectivity index (χ0) is 16.5. The van der Waals surface area contributed by atoms with Crippen LogP contribution in [0.2, 0.25) is 0 Å². The fraction of sp³-hybridized carbons (Fsp3) is 0.353. The summed E-state index contributed by atoms with van der Waals surface area (Å²) in [5, 5.41) is 16.0. The van der Waals surface area contributed by atoms with Crippen molar-refractivity contribution in [3.63, 3.8) is 0 Å². The molecule has 124 valence electrons. The number of anilines is 1. The van der Waals surface area contributed by atoms with Crippen LogP contribution in [0, 0.1) is 0 Å². The highest BCUT2D eigenvalue weighted by atomic mass is 32.1. The van der Waals surface area contributed by atoms with Gasteiger partial charge in [0.2, 0.25) is 0 Å². The van der Waals surface area contributed by atoms with Gasteiger partial charge in [-0.25, -0.2) is 4.79 Å². The average Bonchev–Trinajstić information content (AvgIpc) is 3.06. The average molecular weight is 334 g/mol. The third-order valence-electron chi connectivity index (χ3n) is 3.17. The first kappa shape index (κ1) is 17.3. The van der Waals surface area contributed by atoms with Crippen LogP contribution in [0.25, 0.3) is 0 Å². The highest BCUT2D eigenvalue weighted by molar-refractivity contribution is 7.07. The number of nitrogens with zero attached hydrogens (tertiary/aromatic N) is 1. The monoisotopic (exact) mass is 334 g/mol. The molecule has 2 N–H and O–H groups in total. The van der Waals surface area contributed by atoms with E-state index in [2.05, 4.69) is 5.32 Å². The Morgan fingerprint density at radius 3 is 2.96 bits per heavy atom. The first-order valence-electron chi connectivity index (χ1n) is 7.63. The summed E-state index contributed by atoms with van der Waals surface area (Å²) in [4.78, 5) is 14.0. The Labute approximate surface area is 140 Å². The lowest BCUT2D eigenvalue weighted by molar-refractivity contribution is 0.185. The normalized spacial score (nSPS) is 10.3. The number of urea groups is 1. The van der Waals surface area contributed by atoms with Crippen LogP contribution < -0.4 is 10.1 Å². The van der Waals surface area contributed by atoms with Crippen LogP contribution in [0.5, 0.6) is 5.75 Å². The molecule has 0 fully saturated rings. The molecule has 0 saturated carbocycles. The lowest BCUT2D eigenvalue weighted by Gasteiger charge is -2.22. The van der Waals surface area contributed by atoms with Gasteiger partial charge in [0.15, 0.2) is 0 Å². The van der Waals surface area contributed by atoms with E-state index < -0.39 is 0 Å². The third-order valence-corrected chi connectivity index (χ3v) is 3.90. The van der Waals surface area contributed by atoms with Crippen molar-refractivity contribution in [2.24, 2.45) is 0 Å². The molecule has 0 bridgehead atoms. The highest BCUT2D eigenvalue weighted by Crippen LogP contribution is 2.18. The van der Waals surface area contributed by atoms with Gasteiger partial charge >= 0.3 is 6.03 Å². The predicted molar refractivity (Wildman–Crippen MR) is 93.1 cm³/mol. The van der Waals surface area contributed by atoms with Gasteiger partial charge in [-0.15, -0.1) is 0 Å². The Bertz CT molecular complexity index is 602. The molecule has 0 atom stereocenters. The zero-order valence-electron chi connectivity index (χ0n) is 13.2. The number of thiophene rings is 1. The molecule has 0 spiro atoms. The van der Waals surface area contributed by atoms with E-state index in [0.717, 1.165) is 17.7 Å². The van der Waals surface area contributed by atoms with Crippen molar-refractivity contribution in [2.45, 2.75) is 19.9 Å². The minimum absolute atomic E-state index is 0.0722. The summed E-state index contributed by atoms with van der Waals surface area (Å²) in [6.07, 6.45) is 0.932. The van der Waals surface area contributed by atoms with E-state index in [-0.39, 0.29) is 19.2 Å². The fourth-order valence-electron chi connectivity index (χ4n) is 2.06. The number of nitrogens with one attached hydrogen (secondary N) is 1. The topological polar surface area (TPSA) is 61.8 Å². The molecule has 0 unspecified atom stereocenters. The van der Waals surface area contributed by atoms with E-state index >= 15 is 0 Å². The molecule has 0 aliphatic heterocycles. The molecule has 2 rings (SSSR count). The number of amides is 2. The molecule has 2 amide bonds. The maximum Gasteiger partial charge on any atom is 0.322 e. The largest absolute Gasteiger partial charge is 0.494 e. The van der Waals surface area contributed by atoms with Crippen molar-refractivity contribution in [3.8, 4) is 5.75 Å². The van der Waals surface area contributed by atoms with Crippen molar-refractivity contribution >= 4 is 23.1 Å². The minimum Gasteiger partial charge on any atom is -0.494 e. The van der Waals surface area contributed by atoms with Crippen molar-refractivity contribution < 1.29 is 14.6 Å². The number of aliphatic hydroxyl groups excluding tert-OH is 1. The van der Waals surface area contributed by atoms with Gasteiger partial charge < -0.3 is 20.1 Å². The Kier molecular flexibility index (Phi) is 6.90. The Morgan fingerprint density at radius 1 is 1.39 bits per heavy atom. The Balaban J connectivity index is 2.00. The molecule has 1 aromatic heterocycles. The molecule has 6 heteroatoms. The van der Waals surface area contributed by atoms with Crippen LogP contribution in [0.15, 0.2) is 41.1 Å². The summed E-state index contributed by atoms with van der Waals surface area (Å²) in [6, 6.07) is 9.06. The second kappa shape index (κ2) is 9.17. The maximum absolute atomic E-state index is 12.4. The molecule has 0 saturated heterocycles. The summed E-state index contributed by atoms with van der Waals surface area (Å²) in [5.41, 5.74) is 1.73. The van der Waals surface area contributed by atoms with Gasteiger partial charge in [0.25, 0.3) is 0 Å². The molecule has 0 aliphatic carbocycles. The van der Waals surface area contributed by atoms with E-state index in [9.17, 15) is 9.90 Å². The Morgan fingerprint density at radius 2 is 2.26 bits per heavy atom. The van der Waals surface area contributed by atoms with Gasteiger partial charge in [0.1, 0.15) is 5.75 Å². The molecule has 2 aromatic rings. The maximum atomic E-state index is 12.4. The van der Waals surface area contributed by atoms with Crippen LogP contribution in [-0.2, 0) is 6.54 Å². The van der Waals surface area contributed by atoms with E-state index in [1.165, 1.54) is 0 Å². The number of aliphatic hydroxyl groups is 1. The lowest BCUT2D eigenvalue weighted by atomic mass is 10.3. The van der Waals surface area contributed by atoms with E-state index in [4.69, 9.17) is 4.74 Å². The van der Waals surface area contributed by atoms with E-state index in [0.29, 0.717) is 18.8 Å². The zero-order valence-corrected chi connectivity index (χ0v) is 14.0. The third kappa shape index (κ3) is 5.58. The van der Waals surface area contributed by atoms with E-state index in [1.54, 1.807) is 22.3 Å². The first-order valence-corrected chi connectivity index (χ1v) is 8.58. The van der Waals surface area contributed by atoms with Crippen molar-refractivity contribution in [3.05, 3.63) is 46.7 Å². The number of hydrogen-bond donors (Lipinski definition) is 2. The number of ether oxygens (including phenoxy) is 1. The number of carbonyl (C=O) groups excluding carboxylic acids is 1. The Hall–Kier alpha value is -2.05. The molecule has 5 nitrogen and oxygen atoms in total. The number of rotatable bonds is 8. The minimum atomic E-state index is -0.238. The van der Waals surface area contributed by atoms with Gasteiger partial charge in [-0.05, 0) is 40.9 Å². The standard InChI is InChI=1S/C17H22N2O3S/c1-2-9-22-16-5-3-4-15(11-16)18-17(21)19(7-8-20)12-14-6-10-23-13-14/h3-6,10-11,13,20H,2,7-9,12H2,1H3,(H,18,21). The number of benzene rings is 1. The summed E-state index contributed by atoms with van der Waals surface area (Å²) >= 11 is 1.59. The van der Waals surface area contributed by atoms with Crippen LogP contribution in [0.1, 0.15) is 18.9 Å². The molecule has 1 aromatic carbocycles. The summed E-state index contributed by atoms with van der Waals surface area (Å²) < 4.78 is 5.57. The molecule has 1 heterocycles. The molecule has 23 heavy (non-hydrogen) atoms. The number of carbonyl (C=O) groups is 1. The number of hydrogen-bond acceptors (Lipinski definition) is 4. The summed E-state index contributed by atoms with van der Waals surface area (Å²) in [6.45, 7) is 3.38. The quantitative estimate of drug-likeness (QED) is 0.776. The van der Waals surface area contributed by atoms with Gasteiger partial charge in [0.05, 0.1) is 13.2 Å². The SMILES string of the molecule is CCCOc1cccc(NC(=O)N(CCO)Cc2ccsc2)c1. The van der Waals surface area contributed by atoms with Gasteiger partial charge in [-0.2, -0.15) is 11.3 Å². The smallest absolute Gasteiger partial charge is 0.322 e. The summed E-state index contributed by atoms with van der Waals surface area (Å²) in [7, 11) is 0. The van der Waals surface area contributed by atoms with Crippen molar-refractivity contribution in [1.29, 1.82) is 0 Å². The van der Waals surface area contributed by atoms with Crippen LogP contribution in [-0.4, -0.2) is 35.8 Å². The lowest BCUT2D eigenvalue weighted by Crippen LogP contribution is -2.36. The molecular formula is C17H22N2O3S.